The predicted molar refractivity (Wildman–Crippen MR) is 94.0 cm³/mol. The van der Waals surface area contributed by atoms with E-state index in [-0.39, 0.29) is 17.5 Å². The molecule has 1 fully saturated rings. The molecule has 7 nitrogen and oxygen atoms in total. The van der Waals surface area contributed by atoms with Crippen LogP contribution in [0, 0.1) is 0 Å². The van der Waals surface area contributed by atoms with Crippen LogP contribution in [0.15, 0.2) is 47.7 Å². The van der Waals surface area contributed by atoms with Crippen LogP contribution in [0.1, 0.15) is 12.0 Å². The van der Waals surface area contributed by atoms with Crippen molar-refractivity contribution in [2.75, 3.05) is 18.6 Å². The molecule has 0 amide bonds. The van der Waals surface area contributed by atoms with Crippen LogP contribution in [-0.4, -0.2) is 48.8 Å². The fourth-order valence-electron chi connectivity index (χ4n) is 2.71. The van der Waals surface area contributed by atoms with E-state index in [9.17, 15) is 8.42 Å². The van der Waals surface area contributed by atoms with E-state index in [0.29, 0.717) is 18.9 Å². The molecule has 1 aromatic heterocycles. The monoisotopic (exact) mass is 347 g/mol. The minimum atomic E-state index is -2.90. The number of rotatable bonds is 4. The average Bonchev–Trinajstić information content (AvgIpc) is 3.21. The summed E-state index contributed by atoms with van der Waals surface area (Å²) in [5.41, 5.74) is 2.08. The highest BCUT2D eigenvalue weighted by molar-refractivity contribution is 7.91. The van der Waals surface area contributed by atoms with Gasteiger partial charge in [-0.1, -0.05) is 12.1 Å². The third kappa shape index (κ3) is 4.14. The molecule has 24 heavy (non-hydrogen) atoms. The minimum Gasteiger partial charge on any atom is -0.353 e. The molecule has 1 aromatic carbocycles. The minimum absolute atomic E-state index is 0.0726. The summed E-state index contributed by atoms with van der Waals surface area (Å²) in [4.78, 5) is 4.17. The van der Waals surface area contributed by atoms with Crippen molar-refractivity contribution in [2.24, 2.45) is 4.99 Å². The maximum Gasteiger partial charge on any atom is 0.191 e. The number of aliphatic imine (C=N–C) groups is 1. The van der Waals surface area contributed by atoms with Gasteiger partial charge in [-0.05, 0) is 30.2 Å². The lowest BCUT2D eigenvalue weighted by atomic mass is 10.2. The SMILES string of the molecule is CN=C(NCc1cccc(-n2cccn2)c1)NC1CCS(=O)(=O)C1. The quantitative estimate of drug-likeness (QED) is 0.629. The first kappa shape index (κ1) is 16.5. The highest BCUT2D eigenvalue weighted by Crippen LogP contribution is 2.11. The first-order valence-electron chi connectivity index (χ1n) is 7.82. The Balaban J connectivity index is 1.59. The number of sulfone groups is 1. The summed E-state index contributed by atoms with van der Waals surface area (Å²) in [6.07, 6.45) is 4.26. The normalized spacial score (nSPS) is 20.0. The molecule has 3 rings (SSSR count). The van der Waals surface area contributed by atoms with Crippen molar-refractivity contribution in [1.82, 2.24) is 20.4 Å². The Morgan fingerprint density at radius 3 is 2.96 bits per heavy atom. The van der Waals surface area contributed by atoms with E-state index in [4.69, 9.17) is 0 Å². The third-order valence-corrected chi connectivity index (χ3v) is 5.70. The molecule has 0 radical (unpaired) electrons. The summed E-state index contributed by atoms with van der Waals surface area (Å²) in [6, 6.07) is 9.85. The molecular weight excluding hydrogens is 326 g/mol. The smallest absolute Gasteiger partial charge is 0.191 e. The lowest BCUT2D eigenvalue weighted by Crippen LogP contribution is -2.43. The van der Waals surface area contributed by atoms with Crippen LogP contribution >= 0.6 is 0 Å². The molecule has 2 aromatic rings. The first-order valence-corrected chi connectivity index (χ1v) is 9.64. The van der Waals surface area contributed by atoms with Gasteiger partial charge in [0.1, 0.15) is 0 Å². The molecule has 0 bridgehead atoms. The third-order valence-electron chi connectivity index (χ3n) is 3.94. The zero-order chi connectivity index (χ0) is 17.0. The number of nitrogens with one attached hydrogen (secondary N) is 2. The molecule has 1 unspecified atom stereocenters. The lowest BCUT2D eigenvalue weighted by molar-refractivity contribution is 0.599. The van der Waals surface area contributed by atoms with Crippen molar-refractivity contribution in [3.8, 4) is 5.69 Å². The van der Waals surface area contributed by atoms with Gasteiger partial charge in [0, 0.05) is 32.0 Å². The number of guanidine groups is 1. The number of aromatic nitrogens is 2. The molecule has 0 spiro atoms. The summed E-state index contributed by atoms with van der Waals surface area (Å²) in [5, 5.41) is 10.6. The van der Waals surface area contributed by atoms with Gasteiger partial charge in [0.2, 0.25) is 0 Å². The van der Waals surface area contributed by atoms with E-state index in [2.05, 4.69) is 20.7 Å². The maximum absolute atomic E-state index is 11.5. The molecule has 128 valence electrons. The van der Waals surface area contributed by atoms with Gasteiger partial charge in [-0.2, -0.15) is 5.10 Å². The van der Waals surface area contributed by atoms with Gasteiger partial charge >= 0.3 is 0 Å². The Morgan fingerprint density at radius 2 is 2.29 bits per heavy atom. The largest absolute Gasteiger partial charge is 0.353 e. The number of hydrogen-bond acceptors (Lipinski definition) is 4. The molecule has 1 saturated heterocycles. The Morgan fingerprint density at radius 1 is 1.42 bits per heavy atom. The predicted octanol–water partition coefficient (Wildman–Crippen LogP) is 0.724. The summed E-state index contributed by atoms with van der Waals surface area (Å²) >= 11 is 0. The van der Waals surface area contributed by atoms with Gasteiger partial charge < -0.3 is 10.6 Å². The van der Waals surface area contributed by atoms with Crippen molar-refractivity contribution in [2.45, 2.75) is 19.0 Å². The van der Waals surface area contributed by atoms with E-state index in [1.165, 1.54) is 0 Å². The Kier molecular flexibility index (Phi) is 4.84. The maximum atomic E-state index is 11.5. The van der Waals surface area contributed by atoms with Crippen LogP contribution in [0.2, 0.25) is 0 Å². The van der Waals surface area contributed by atoms with Gasteiger partial charge in [-0.3, -0.25) is 4.99 Å². The van der Waals surface area contributed by atoms with Crippen LogP contribution < -0.4 is 10.6 Å². The van der Waals surface area contributed by atoms with E-state index >= 15 is 0 Å². The van der Waals surface area contributed by atoms with Gasteiger partial charge in [-0.15, -0.1) is 0 Å². The summed E-state index contributed by atoms with van der Waals surface area (Å²) < 4.78 is 24.9. The number of benzene rings is 1. The molecule has 1 aliphatic heterocycles. The van der Waals surface area contributed by atoms with Crippen LogP contribution in [0.5, 0.6) is 0 Å². The van der Waals surface area contributed by atoms with E-state index in [0.717, 1.165) is 11.3 Å². The molecule has 2 N–H and O–H groups in total. The van der Waals surface area contributed by atoms with Gasteiger partial charge in [0.05, 0.1) is 17.2 Å². The fourth-order valence-corrected chi connectivity index (χ4v) is 4.39. The van der Waals surface area contributed by atoms with Crippen LogP contribution in [0.4, 0.5) is 0 Å². The van der Waals surface area contributed by atoms with E-state index in [1.54, 1.807) is 17.9 Å². The highest BCUT2D eigenvalue weighted by atomic mass is 32.2. The number of nitrogens with zero attached hydrogens (tertiary/aromatic N) is 3. The van der Waals surface area contributed by atoms with Gasteiger partial charge in [0.25, 0.3) is 0 Å². The van der Waals surface area contributed by atoms with E-state index < -0.39 is 9.84 Å². The summed E-state index contributed by atoms with van der Waals surface area (Å²) in [6.45, 7) is 0.592. The Bertz CT molecular complexity index is 815. The first-order chi connectivity index (χ1) is 11.6. The van der Waals surface area contributed by atoms with Crippen LogP contribution in [-0.2, 0) is 16.4 Å². The zero-order valence-corrected chi connectivity index (χ0v) is 14.3. The van der Waals surface area contributed by atoms with Crippen molar-refractivity contribution in [3.63, 3.8) is 0 Å². The summed E-state index contributed by atoms with van der Waals surface area (Å²) in [7, 11) is -1.22. The van der Waals surface area contributed by atoms with Crippen LogP contribution in [0.3, 0.4) is 0 Å². The summed E-state index contributed by atoms with van der Waals surface area (Å²) in [5.74, 6) is 1.03. The molecule has 0 aliphatic carbocycles. The molecule has 2 heterocycles. The average molecular weight is 347 g/mol. The topological polar surface area (TPSA) is 88.4 Å². The Labute approximate surface area is 141 Å². The fraction of sp³-hybridized carbons (Fsp3) is 0.375. The van der Waals surface area contributed by atoms with Crippen LogP contribution in [0.25, 0.3) is 5.69 Å². The number of hydrogen-bond donors (Lipinski definition) is 2. The zero-order valence-electron chi connectivity index (χ0n) is 13.5. The molecule has 1 atom stereocenters. The molecule has 8 heteroatoms. The van der Waals surface area contributed by atoms with E-state index in [1.807, 2.05) is 36.5 Å². The molecule has 0 saturated carbocycles. The van der Waals surface area contributed by atoms with Crippen molar-refractivity contribution >= 4 is 15.8 Å². The van der Waals surface area contributed by atoms with Crippen molar-refractivity contribution < 1.29 is 8.42 Å². The van der Waals surface area contributed by atoms with Crippen molar-refractivity contribution in [1.29, 1.82) is 0 Å². The second-order valence-electron chi connectivity index (χ2n) is 5.79. The van der Waals surface area contributed by atoms with Gasteiger partial charge in [-0.25, -0.2) is 13.1 Å². The second-order valence-corrected chi connectivity index (χ2v) is 8.02. The Hall–Kier alpha value is -2.35. The lowest BCUT2D eigenvalue weighted by Gasteiger charge is -2.16. The van der Waals surface area contributed by atoms with Crippen molar-refractivity contribution in [3.05, 3.63) is 48.3 Å². The highest BCUT2D eigenvalue weighted by Gasteiger charge is 2.28. The van der Waals surface area contributed by atoms with Gasteiger partial charge in [0.15, 0.2) is 15.8 Å². The molecule has 1 aliphatic rings. The molecular formula is C16H21N5O2S. The standard InChI is InChI=1S/C16H21N5O2S/c1-17-16(20-14-6-9-24(22,23)12-14)18-11-13-4-2-5-15(10-13)21-8-3-7-19-21/h2-5,7-8,10,14H,6,9,11-12H2,1H3,(H2,17,18,20). The second kappa shape index (κ2) is 7.04.